The van der Waals surface area contributed by atoms with E-state index in [1.54, 1.807) is 11.8 Å². The summed E-state index contributed by atoms with van der Waals surface area (Å²) in [4.78, 5) is 18.5. The quantitative estimate of drug-likeness (QED) is 0.821. The lowest BCUT2D eigenvalue weighted by atomic mass is 10.2. The summed E-state index contributed by atoms with van der Waals surface area (Å²) in [7, 11) is 0. The van der Waals surface area contributed by atoms with Gasteiger partial charge in [-0.15, -0.1) is 0 Å². The number of ether oxygens (including phenoxy) is 1. The Morgan fingerprint density at radius 1 is 1.61 bits per heavy atom. The van der Waals surface area contributed by atoms with E-state index in [-0.39, 0.29) is 11.9 Å². The number of hydrogen-bond donors (Lipinski definition) is 1. The summed E-state index contributed by atoms with van der Waals surface area (Å²) >= 11 is 1.75. The Labute approximate surface area is 112 Å². The maximum absolute atomic E-state index is 12.2. The molecule has 2 heterocycles. The van der Waals surface area contributed by atoms with Crippen LogP contribution < -0.4 is 5.32 Å². The molecule has 0 saturated carbocycles. The zero-order valence-corrected chi connectivity index (χ0v) is 11.8. The Hall–Kier alpha value is -0.750. The molecule has 18 heavy (non-hydrogen) atoms. The van der Waals surface area contributed by atoms with Crippen LogP contribution in [-0.4, -0.2) is 60.1 Å². The van der Waals surface area contributed by atoms with E-state index in [1.807, 2.05) is 11.8 Å². The van der Waals surface area contributed by atoms with E-state index in [9.17, 15) is 4.79 Å². The van der Waals surface area contributed by atoms with Gasteiger partial charge >= 0.3 is 0 Å². The van der Waals surface area contributed by atoms with Crippen LogP contribution >= 0.6 is 11.8 Å². The Morgan fingerprint density at radius 3 is 2.94 bits per heavy atom. The molecule has 0 aromatic rings. The number of morpholine rings is 1. The standard InChI is InChI=1S/C12H21N3O2S/c1-3-10-8-13-12(18-10)14-9(2)11(16)15-4-6-17-7-5-15/h9-10H,3-8H2,1-2H3,(H,13,14). The molecule has 2 aliphatic rings. The molecule has 1 N–H and O–H groups in total. The third kappa shape index (κ3) is 3.38. The largest absolute Gasteiger partial charge is 0.378 e. The minimum Gasteiger partial charge on any atom is -0.378 e. The van der Waals surface area contributed by atoms with Gasteiger partial charge in [0.15, 0.2) is 5.17 Å². The molecule has 5 nitrogen and oxygen atoms in total. The molecular formula is C12H21N3O2S. The zero-order chi connectivity index (χ0) is 13.0. The Kier molecular flexibility index (Phi) is 4.88. The summed E-state index contributed by atoms with van der Waals surface area (Å²) in [5.74, 6) is 0.140. The van der Waals surface area contributed by atoms with Crippen molar-refractivity contribution < 1.29 is 9.53 Å². The van der Waals surface area contributed by atoms with Gasteiger partial charge in [-0.25, -0.2) is 0 Å². The van der Waals surface area contributed by atoms with Gasteiger partial charge in [-0.1, -0.05) is 18.7 Å². The van der Waals surface area contributed by atoms with Crippen molar-refractivity contribution in [3.8, 4) is 0 Å². The summed E-state index contributed by atoms with van der Waals surface area (Å²) in [6.45, 7) is 7.61. The van der Waals surface area contributed by atoms with Crippen molar-refractivity contribution in [1.82, 2.24) is 10.2 Å². The zero-order valence-electron chi connectivity index (χ0n) is 11.0. The second kappa shape index (κ2) is 6.43. The predicted octanol–water partition coefficient (Wildman–Crippen LogP) is 0.705. The lowest BCUT2D eigenvalue weighted by Gasteiger charge is -2.29. The third-order valence-corrected chi connectivity index (χ3v) is 4.49. The molecule has 1 saturated heterocycles. The highest BCUT2D eigenvalue weighted by molar-refractivity contribution is 8.14. The van der Waals surface area contributed by atoms with Gasteiger partial charge in [-0.2, -0.15) is 0 Å². The van der Waals surface area contributed by atoms with Crippen LogP contribution in [0.15, 0.2) is 4.99 Å². The number of carbonyl (C=O) groups excluding carboxylic acids is 1. The fourth-order valence-electron chi connectivity index (χ4n) is 2.01. The van der Waals surface area contributed by atoms with E-state index in [4.69, 9.17) is 4.74 Å². The predicted molar refractivity (Wildman–Crippen MR) is 74.0 cm³/mol. The van der Waals surface area contributed by atoms with Gasteiger partial charge in [-0.3, -0.25) is 9.79 Å². The first-order valence-corrected chi connectivity index (χ1v) is 7.43. The maximum atomic E-state index is 12.2. The van der Waals surface area contributed by atoms with Gasteiger partial charge in [0.2, 0.25) is 5.91 Å². The van der Waals surface area contributed by atoms with Crippen LogP contribution in [0.1, 0.15) is 20.3 Å². The van der Waals surface area contributed by atoms with Crippen LogP contribution in [0, 0.1) is 0 Å². The van der Waals surface area contributed by atoms with Crippen LogP contribution in [-0.2, 0) is 9.53 Å². The summed E-state index contributed by atoms with van der Waals surface area (Å²) in [6, 6.07) is -0.204. The molecule has 0 aromatic carbocycles. The molecule has 0 aromatic heterocycles. The minimum absolute atomic E-state index is 0.140. The normalized spacial score (nSPS) is 25.8. The van der Waals surface area contributed by atoms with Gasteiger partial charge in [0.25, 0.3) is 0 Å². The smallest absolute Gasteiger partial charge is 0.244 e. The molecule has 6 heteroatoms. The summed E-state index contributed by atoms with van der Waals surface area (Å²) < 4.78 is 5.25. The first-order valence-electron chi connectivity index (χ1n) is 6.55. The molecule has 2 atom stereocenters. The number of amidine groups is 1. The van der Waals surface area contributed by atoms with Gasteiger partial charge in [0.1, 0.15) is 6.04 Å². The highest BCUT2D eigenvalue weighted by Crippen LogP contribution is 2.22. The molecular weight excluding hydrogens is 250 g/mol. The van der Waals surface area contributed by atoms with E-state index in [1.165, 1.54) is 0 Å². The summed E-state index contributed by atoms with van der Waals surface area (Å²) in [5, 5.41) is 4.70. The third-order valence-electron chi connectivity index (χ3n) is 3.21. The van der Waals surface area contributed by atoms with Crippen molar-refractivity contribution in [2.24, 2.45) is 4.99 Å². The minimum atomic E-state index is -0.204. The first-order chi connectivity index (χ1) is 8.70. The molecule has 102 valence electrons. The maximum Gasteiger partial charge on any atom is 0.244 e. The topological polar surface area (TPSA) is 53.9 Å². The number of carbonyl (C=O) groups is 1. The van der Waals surface area contributed by atoms with Crippen LogP contribution in [0.2, 0.25) is 0 Å². The van der Waals surface area contributed by atoms with Crippen LogP contribution in [0.5, 0.6) is 0 Å². The number of hydrogen-bond acceptors (Lipinski definition) is 5. The van der Waals surface area contributed by atoms with Crippen molar-refractivity contribution in [1.29, 1.82) is 0 Å². The van der Waals surface area contributed by atoms with Gasteiger partial charge in [0, 0.05) is 18.3 Å². The van der Waals surface area contributed by atoms with E-state index in [0.29, 0.717) is 31.6 Å². The lowest BCUT2D eigenvalue weighted by molar-refractivity contribution is -0.136. The summed E-state index contributed by atoms with van der Waals surface area (Å²) in [6.07, 6.45) is 1.12. The Bertz CT molecular complexity index is 329. The van der Waals surface area contributed by atoms with Crippen molar-refractivity contribution in [2.45, 2.75) is 31.6 Å². The Balaban J connectivity index is 1.80. The number of nitrogens with one attached hydrogen (secondary N) is 1. The van der Waals surface area contributed by atoms with Crippen LogP contribution in [0.25, 0.3) is 0 Å². The molecule has 2 unspecified atom stereocenters. The van der Waals surface area contributed by atoms with Crippen molar-refractivity contribution in [3.05, 3.63) is 0 Å². The molecule has 1 fully saturated rings. The first kappa shape index (κ1) is 13.7. The molecule has 1 amide bonds. The molecule has 0 aliphatic carbocycles. The van der Waals surface area contributed by atoms with E-state index >= 15 is 0 Å². The molecule has 0 radical (unpaired) electrons. The SMILES string of the molecule is CCC1CN=C(NC(C)C(=O)N2CCOCC2)S1. The molecule has 2 rings (SSSR count). The van der Waals surface area contributed by atoms with Gasteiger partial charge in [-0.05, 0) is 13.3 Å². The average molecular weight is 271 g/mol. The highest BCUT2D eigenvalue weighted by Gasteiger charge is 2.25. The van der Waals surface area contributed by atoms with Crippen molar-refractivity contribution in [3.63, 3.8) is 0 Å². The number of aliphatic imine (C=N–C) groups is 1. The number of rotatable bonds is 3. The van der Waals surface area contributed by atoms with Crippen LogP contribution in [0.4, 0.5) is 0 Å². The van der Waals surface area contributed by atoms with E-state index in [0.717, 1.165) is 18.1 Å². The number of amides is 1. The second-order valence-electron chi connectivity index (χ2n) is 4.60. The highest BCUT2D eigenvalue weighted by atomic mass is 32.2. The van der Waals surface area contributed by atoms with E-state index < -0.39 is 0 Å². The second-order valence-corrected chi connectivity index (χ2v) is 5.89. The number of nitrogens with zero attached hydrogens (tertiary/aromatic N) is 2. The average Bonchev–Trinajstić information content (AvgIpc) is 2.86. The van der Waals surface area contributed by atoms with Gasteiger partial charge < -0.3 is 15.0 Å². The van der Waals surface area contributed by atoms with Crippen molar-refractivity contribution in [2.75, 3.05) is 32.8 Å². The lowest BCUT2D eigenvalue weighted by Crippen LogP contribution is -2.50. The fourth-order valence-corrected chi connectivity index (χ4v) is 3.04. The summed E-state index contributed by atoms with van der Waals surface area (Å²) in [5.41, 5.74) is 0. The monoisotopic (exact) mass is 271 g/mol. The van der Waals surface area contributed by atoms with Gasteiger partial charge in [0.05, 0.1) is 19.8 Å². The van der Waals surface area contributed by atoms with Crippen LogP contribution in [0.3, 0.4) is 0 Å². The van der Waals surface area contributed by atoms with E-state index in [2.05, 4.69) is 17.2 Å². The Morgan fingerprint density at radius 2 is 2.33 bits per heavy atom. The number of thioether (sulfide) groups is 1. The molecule has 0 bridgehead atoms. The fraction of sp³-hybridized carbons (Fsp3) is 0.833. The molecule has 2 aliphatic heterocycles. The van der Waals surface area contributed by atoms with Crippen molar-refractivity contribution >= 4 is 22.8 Å². The molecule has 0 spiro atoms.